The van der Waals surface area contributed by atoms with E-state index in [4.69, 9.17) is 5.73 Å². The Morgan fingerprint density at radius 2 is 1.94 bits per heavy atom. The first-order valence-corrected chi connectivity index (χ1v) is 6.14. The van der Waals surface area contributed by atoms with E-state index in [9.17, 15) is 9.18 Å². The van der Waals surface area contributed by atoms with Gasteiger partial charge in [-0.2, -0.15) is 0 Å². The number of carbonyl (C=O) groups excluding carboxylic acids is 1. The smallest absolute Gasteiger partial charge is 0.195 e. The van der Waals surface area contributed by atoms with E-state index in [0.29, 0.717) is 22.4 Å². The Morgan fingerprint density at radius 3 is 2.56 bits per heavy atom. The fourth-order valence-electron chi connectivity index (χ4n) is 1.63. The van der Waals surface area contributed by atoms with Crippen molar-refractivity contribution in [2.75, 3.05) is 5.73 Å². The average molecular weight is 308 g/mol. The summed E-state index contributed by atoms with van der Waals surface area (Å²) >= 11 is 3.27. The van der Waals surface area contributed by atoms with E-state index in [1.807, 2.05) is 0 Å². The molecule has 0 aliphatic carbocycles. The highest BCUT2D eigenvalue weighted by molar-refractivity contribution is 9.10. The molecule has 92 valence electrons. The lowest BCUT2D eigenvalue weighted by atomic mass is 10.0. The van der Waals surface area contributed by atoms with Crippen molar-refractivity contribution in [1.29, 1.82) is 0 Å². The van der Waals surface area contributed by atoms with Gasteiger partial charge in [0.25, 0.3) is 0 Å². The Morgan fingerprint density at radius 1 is 1.22 bits per heavy atom. The van der Waals surface area contributed by atoms with Crippen LogP contribution in [0.5, 0.6) is 0 Å². The standard InChI is InChI=1S/C14H11BrFNO/c1-8-2-3-9(6-12(8)16)14(18)11-5-4-10(15)7-13(11)17/h2-7H,17H2,1H3. The van der Waals surface area contributed by atoms with Gasteiger partial charge in [-0.15, -0.1) is 0 Å². The van der Waals surface area contributed by atoms with Crippen molar-refractivity contribution < 1.29 is 9.18 Å². The third-order valence-electron chi connectivity index (χ3n) is 2.69. The number of nitrogens with two attached hydrogens (primary N) is 1. The summed E-state index contributed by atoms with van der Waals surface area (Å²) in [5.74, 6) is -0.671. The first-order chi connectivity index (χ1) is 8.49. The topological polar surface area (TPSA) is 43.1 Å². The average Bonchev–Trinajstić information content (AvgIpc) is 2.32. The number of ketones is 1. The maximum atomic E-state index is 13.4. The number of halogens is 2. The van der Waals surface area contributed by atoms with Crippen LogP contribution < -0.4 is 5.73 Å². The van der Waals surface area contributed by atoms with Gasteiger partial charge in [-0.25, -0.2) is 4.39 Å². The lowest BCUT2D eigenvalue weighted by Crippen LogP contribution is -2.06. The predicted octanol–water partition coefficient (Wildman–Crippen LogP) is 3.71. The fraction of sp³-hybridized carbons (Fsp3) is 0.0714. The highest BCUT2D eigenvalue weighted by Crippen LogP contribution is 2.22. The van der Waals surface area contributed by atoms with E-state index in [0.717, 1.165) is 4.47 Å². The summed E-state index contributed by atoms with van der Waals surface area (Å²) < 4.78 is 14.2. The van der Waals surface area contributed by atoms with E-state index < -0.39 is 5.82 Å². The molecule has 0 atom stereocenters. The third-order valence-corrected chi connectivity index (χ3v) is 3.19. The summed E-state index contributed by atoms with van der Waals surface area (Å²) in [4.78, 5) is 12.2. The van der Waals surface area contributed by atoms with Gasteiger partial charge in [-0.3, -0.25) is 4.79 Å². The molecule has 0 aromatic heterocycles. The molecule has 2 aromatic carbocycles. The number of benzene rings is 2. The molecule has 0 aliphatic rings. The largest absolute Gasteiger partial charge is 0.398 e. The zero-order chi connectivity index (χ0) is 13.3. The van der Waals surface area contributed by atoms with Crippen LogP contribution in [0.3, 0.4) is 0 Å². The van der Waals surface area contributed by atoms with Crippen LogP contribution in [0.1, 0.15) is 21.5 Å². The summed E-state index contributed by atoms with van der Waals surface area (Å²) in [6, 6.07) is 9.42. The fourth-order valence-corrected chi connectivity index (χ4v) is 2.01. The van der Waals surface area contributed by atoms with Gasteiger partial charge in [0.05, 0.1) is 0 Å². The second kappa shape index (κ2) is 4.90. The lowest BCUT2D eigenvalue weighted by molar-refractivity contribution is 0.103. The SMILES string of the molecule is Cc1ccc(C(=O)c2ccc(Br)cc2N)cc1F. The van der Waals surface area contributed by atoms with Crippen LogP contribution in [0.15, 0.2) is 40.9 Å². The molecule has 0 saturated carbocycles. The molecule has 2 aromatic rings. The van der Waals surface area contributed by atoms with Crippen LogP contribution in [0.4, 0.5) is 10.1 Å². The van der Waals surface area contributed by atoms with Gasteiger partial charge in [-0.1, -0.05) is 28.1 Å². The lowest BCUT2D eigenvalue weighted by Gasteiger charge is -2.06. The molecule has 0 amide bonds. The zero-order valence-corrected chi connectivity index (χ0v) is 11.3. The zero-order valence-electron chi connectivity index (χ0n) is 9.71. The van der Waals surface area contributed by atoms with Gasteiger partial charge in [-0.05, 0) is 36.8 Å². The molecule has 0 unspecified atom stereocenters. The van der Waals surface area contributed by atoms with Crippen LogP contribution >= 0.6 is 15.9 Å². The molecule has 0 bridgehead atoms. The van der Waals surface area contributed by atoms with E-state index in [1.165, 1.54) is 6.07 Å². The first kappa shape index (κ1) is 12.8. The van der Waals surface area contributed by atoms with Crippen molar-refractivity contribution >= 4 is 27.4 Å². The third kappa shape index (κ3) is 2.43. The maximum Gasteiger partial charge on any atom is 0.195 e. The van der Waals surface area contributed by atoms with E-state index >= 15 is 0 Å². The van der Waals surface area contributed by atoms with Crippen LogP contribution in [-0.4, -0.2) is 5.78 Å². The van der Waals surface area contributed by atoms with Crippen LogP contribution in [-0.2, 0) is 0 Å². The molecule has 0 aliphatic heterocycles. The van der Waals surface area contributed by atoms with E-state index in [1.54, 1.807) is 37.3 Å². The minimum absolute atomic E-state index is 0.279. The Hall–Kier alpha value is -1.68. The molecule has 0 radical (unpaired) electrons. The monoisotopic (exact) mass is 307 g/mol. The Kier molecular flexibility index (Phi) is 3.48. The number of hydrogen-bond acceptors (Lipinski definition) is 2. The number of aryl methyl sites for hydroxylation is 1. The Bertz CT molecular complexity index is 625. The molecule has 2 N–H and O–H groups in total. The van der Waals surface area contributed by atoms with Gasteiger partial charge in [0.2, 0.25) is 0 Å². The van der Waals surface area contributed by atoms with Gasteiger partial charge in [0.15, 0.2) is 5.78 Å². The van der Waals surface area contributed by atoms with Gasteiger partial charge < -0.3 is 5.73 Å². The summed E-state index contributed by atoms with van der Waals surface area (Å²) in [5, 5.41) is 0. The van der Waals surface area contributed by atoms with Gasteiger partial charge in [0.1, 0.15) is 5.82 Å². The normalized spacial score (nSPS) is 10.4. The molecule has 0 spiro atoms. The van der Waals surface area contributed by atoms with Crippen molar-refractivity contribution in [2.24, 2.45) is 0 Å². The Labute approximate surface area is 113 Å². The molecule has 2 rings (SSSR count). The van der Waals surface area contributed by atoms with Crippen molar-refractivity contribution in [3.63, 3.8) is 0 Å². The quantitative estimate of drug-likeness (QED) is 0.679. The van der Waals surface area contributed by atoms with Crippen LogP contribution in [0.2, 0.25) is 0 Å². The molecule has 0 heterocycles. The van der Waals surface area contributed by atoms with Crippen LogP contribution in [0.25, 0.3) is 0 Å². The highest BCUT2D eigenvalue weighted by Gasteiger charge is 2.13. The van der Waals surface area contributed by atoms with Crippen molar-refractivity contribution in [2.45, 2.75) is 6.92 Å². The molecular formula is C14H11BrFNO. The van der Waals surface area contributed by atoms with Crippen molar-refractivity contribution in [3.05, 3.63) is 63.4 Å². The summed E-state index contributed by atoms with van der Waals surface area (Å²) in [5.41, 5.74) is 7.34. The number of rotatable bonds is 2. The highest BCUT2D eigenvalue weighted by atomic mass is 79.9. The van der Waals surface area contributed by atoms with Crippen molar-refractivity contribution in [3.8, 4) is 0 Å². The number of carbonyl (C=O) groups is 1. The summed E-state index contributed by atoms with van der Waals surface area (Å²) in [6.07, 6.45) is 0. The number of hydrogen-bond donors (Lipinski definition) is 1. The molecule has 2 nitrogen and oxygen atoms in total. The molecule has 18 heavy (non-hydrogen) atoms. The molecule has 0 saturated heterocycles. The predicted molar refractivity (Wildman–Crippen MR) is 73.1 cm³/mol. The minimum atomic E-state index is -0.392. The molecule has 4 heteroatoms. The summed E-state index contributed by atoms with van der Waals surface area (Å²) in [6.45, 7) is 1.65. The van der Waals surface area contributed by atoms with E-state index in [2.05, 4.69) is 15.9 Å². The summed E-state index contributed by atoms with van der Waals surface area (Å²) in [7, 11) is 0. The molecular weight excluding hydrogens is 297 g/mol. The van der Waals surface area contributed by atoms with Crippen LogP contribution in [0, 0.1) is 12.7 Å². The van der Waals surface area contributed by atoms with E-state index in [-0.39, 0.29) is 5.78 Å². The second-order valence-electron chi connectivity index (χ2n) is 4.02. The second-order valence-corrected chi connectivity index (χ2v) is 4.94. The van der Waals surface area contributed by atoms with Gasteiger partial charge >= 0.3 is 0 Å². The number of anilines is 1. The minimum Gasteiger partial charge on any atom is -0.398 e. The maximum absolute atomic E-state index is 13.4. The Balaban J connectivity index is 2.44. The van der Waals surface area contributed by atoms with Gasteiger partial charge in [0, 0.05) is 21.3 Å². The van der Waals surface area contributed by atoms with Crippen molar-refractivity contribution in [1.82, 2.24) is 0 Å². The first-order valence-electron chi connectivity index (χ1n) is 5.35. The number of nitrogen functional groups attached to an aromatic ring is 1. The molecule has 0 fully saturated rings.